The highest BCUT2D eigenvalue weighted by Crippen LogP contribution is 2.29. The summed E-state index contributed by atoms with van der Waals surface area (Å²) < 4.78 is 5.93. The maximum Gasteiger partial charge on any atom is 0.243 e. The summed E-state index contributed by atoms with van der Waals surface area (Å²) in [6, 6.07) is 6.39. The molecular weight excluding hydrogens is 266 g/mol. The van der Waals surface area contributed by atoms with Gasteiger partial charge in [-0.2, -0.15) is 0 Å². The van der Waals surface area contributed by atoms with E-state index >= 15 is 0 Å². The summed E-state index contributed by atoms with van der Waals surface area (Å²) in [6.45, 7) is 0.739. The lowest BCUT2D eigenvalue weighted by atomic mass is 9.91. The molecule has 0 fully saturated rings. The Hall–Kier alpha value is -1.55. The molecule has 21 heavy (non-hydrogen) atoms. The number of hydrogen-bond acceptors (Lipinski definition) is 3. The van der Waals surface area contributed by atoms with Gasteiger partial charge in [-0.15, -0.1) is 0 Å². The van der Waals surface area contributed by atoms with Crippen LogP contribution in [0.4, 0.5) is 0 Å². The number of carbonyl (C=O) groups excluding carboxylic acids is 1. The van der Waals surface area contributed by atoms with Gasteiger partial charge in [0.05, 0.1) is 6.61 Å². The molecule has 1 amide bonds. The molecule has 1 aliphatic rings. The minimum absolute atomic E-state index is 0.304. The summed E-state index contributed by atoms with van der Waals surface area (Å²) in [4.78, 5) is 10.8. The number of hydroxylamine groups is 1. The predicted molar refractivity (Wildman–Crippen MR) is 81.6 cm³/mol. The number of amides is 1. The maximum absolute atomic E-state index is 10.8. The molecule has 1 aromatic rings. The molecule has 0 saturated heterocycles. The Morgan fingerprint density at radius 2 is 1.95 bits per heavy atom. The van der Waals surface area contributed by atoms with Crippen molar-refractivity contribution in [2.24, 2.45) is 0 Å². The van der Waals surface area contributed by atoms with Crippen molar-refractivity contribution in [1.82, 2.24) is 5.48 Å². The molecule has 0 atom stereocenters. The molecule has 116 valence electrons. The van der Waals surface area contributed by atoms with Crippen molar-refractivity contribution < 1.29 is 14.7 Å². The molecule has 0 bridgehead atoms. The Kier molecular flexibility index (Phi) is 6.54. The van der Waals surface area contributed by atoms with Crippen molar-refractivity contribution in [2.75, 3.05) is 6.61 Å². The van der Waals surface area contributed by atoms with Crippen LogP contribution in [0.5, 0.6) is 5.75 Å². The first-order chi connectivity index (χ1) is 10.3. The lowest BCUT2D eigenvalue weighted by Crippen LogP contribution is -2.17. The minimum Gasteiger partial charge on any atom is -0.493 e. The first kappa shape index (κ1) is 15.8. The van der Waals surface area contributed by atoms with E-state index in [1.54, 1.807) is 5.48 Å². The fourth-order valence-electron chi connectivity index (χ4n) is 2.86. The highest BCUT2D eigenvalue weighted by Gasteiger charge is 2.13. The van der Waals surface area contributed by atoms with Crippen LogP contribution in [0.1, 0.15) is 56.1 Å². The fraction of sp³-hybridized carbons (Fsp3) is 0.588. The number of aryl methyl sites for hydroxylation is 1. The van der Waals surface area contributed by atoms with Crippen LogP contribution in [-0.2, 0) is 17.6 Å². The monoisotopic (exact) mass is 291 g/mol. The third-order valence-corrected chi connectivity index (χ3v) is 4.03. The van der Waals surface area contributed by atoms with Gasteiger partial charge >= 0.3 is 0 Å². The van der Waals surface area contributed by atoms with Gasteiger partial charge in [-0.1, -0.05) is 25.0 Å². The van der Waals surface area contributed by atoms with E-state index in [2.05, 4.69) is 18.2 Å². The molecule has 0 unspecified atom stereocenters. The van der Waals surface area contributed by atoms with E-state index in [-0.39, 0.29) is 5.91 Å². The van der Waals surface area contributed by atoms with Crippen molar-refractivity contribution in [3.05, 3.63) is 29.3 Å². The minimum atomic E-state index is -0.304. The molecule has 4 nitrogen and oxygen atoms in total. The molecule has 2 rings (SSSR count). The average Bonchev–Trinajstić information content (AvgIpc) is 2.53. The van der Waals surface area contributed by atoms with Gasteiger partial charge in [0.2, 0.25) is 5.91 Å². The van der Waals surface area contributed by atoms with Crippen LogP contribution in [-0.4, -0.2) is 17.7 Å². The highest BCUT2D eigenvalue weighted by molar-refractivity contribution is 5.74. The van der Waals surface area contributed by atoms with E-state index < -0.39 is 0 Å². The second-order valence-electron chi connectivity index (χ2n) is 5.65. The third kappa shape index (κ3) is 5.05. The van der Waals surface area contributed by atoms with Gasteiger partial charge in [0.1, 0.15) is 5.75 Å². The summed E-state index contributed by atoms with van der Waals surface area (Å²) in [5, 5.41) is 8.38. The molecular formula is C17H25NO3. The van der Waals surface area contributed by atoms with E-state index in [4.69, 9.17) is 9.94 Å². The molecule has 2 N–H and O–H groups in total. The molecule has 0 aliphatic heterocycles. The maximum atomic E-state index is 10.8. The highest BCUT2D eigenvalue weighted by atomic mass is 16.5. The largest absolute Gasteiger partial charge is 0.493 e. The first-order valence-electron chi connectivity index (χ1n) is 7.98. The van der Waals surface area contributed by atoms with Gasteiger partial charge in [-0.25, -0.2) is 5.48 Å². The summed E-state index contributed by atoms with van der Waals surface area (Å²) in [5.74, 6) is 0.758. The molecule has 0 radical (unpaired) electrons. The number of benzene rings is 1. The fourth-order valence-corrected chi connectivity index (χ4v) is 2.86. The van der Waals surface area contributed by atoms with Crippen LogP contribution in [0.3, 0.4) is 0 Å². The molecule has 0 saturated carbocycles. The van der Waals surface area contributed by atoms with Crippen molar-refractivity contribution in [3.8, 4) is 5.75 Å². The standard InChI is InChI=1S/C17H25NO3/c19-17(18-20)12-3-1-2-6-13-21-16-11-7-9-14-8-4-5-10-15(14)16/h7,9,11,20H,1-6,8,10,12-13H2,(H,18,19). The van der Waals surface area contributed by atoms with Gasteiger partial charge in [0.15, 0.2) is 0 Å². The Morgan fingerprint density at radius 1 is 1.14 bits per heavy atom. The van der Waals surface area contributed by atoms with Crippen molar-refractivity contribution in [1.29, 1.82) is 0 Å². The number of hydrogen-bond donors (Lipinski definition) is 2. The van der Waals surface area contributed by atoms with Crippen molar-refractivity contribution in [2.45, 2.75) is 57.8 Å². The van der Waals surface area contributed by atoms with E-state index in [1.165, 1.54) is 30.4 Å². The number of ether oxygens (including phenoxy) is 1. The van der Waals surface area contributed by atoms with E-state index in [0.717, 1.165) is 44.5 Å². The van der Waals surface area contributed by atoms with Crippen LogP contribution in [0.25, 0.3) is 0 Å². The summed E-state index contributed by atoms with van der Waals surface area (Å²) >= 11 is 0. The zero-order valence-electron chi connectivity index (χ0n) is 12.6. The van der Waals surface area contributed by atoms with Crippen LogP contribution >= 0.6 is 0 Å². The first-order valence-corrected chi connectivity index (χ1v) is 7.98. The van der Waals surface area contributed by atoms with Gasteiger partial charge in [-0.3, -0.25) is 10.0 Å². The second-order valence-corrected chi connectivity index (χ2v) is 5.65. The second kappa shape index (κ2) is 8.67. The smallest absolute Gasteiger partial charge is 0.243 e. The Balaban J connectivity index is 1.64. The van der Waals surface area contributed by atoms with E-state index in [9.17, 15) is 4.79 Å². The molecule has 1 aliphatic carbocycles. The average molecular weight is 291 g/mol. The predicted octanol–water partition coefficient (Wildman–Crippen LogP) is 3.40. The Bertz CT molecular complexity index is 459. The van der Waals surface area contributed by atoms with Crippen molar-refractivity contribution >= 4 is 5.91 Å². The molecule has 0 aromatic heterocycles. The van der Waals surface area contributed by atoms with E-state index in [0.29, 0.717) is 6.42 Å². The zero-order chi connectivity index (χ0) is 14.9. The van der Waals surface area contributed by atoms with E-state index in [1.807, 2.05) is 0 Å². The van der Waals surface area contributed by atoms with Gasteiger partial charge in [0.25, 0.3) is 0 Å². The summed E-state index contributed by atoms with van der Waals surface area (Å²) in [6.07, 6.45) is 9.12. The molecule has 0 heterocycles. The lowest BCUT2D eigenvalue weighted by molar-refractivity contribution is -0.129. The quantitative estimate of drug-likeness (QED) is 0.438. The molecule has 4 heteroatoms. The number of nitrogens with one attached hydrogen (secondary N) is 1. The normalized spacial score (nSPS) is 13.6. The van der Waals surface area contributed by atoms with Crippen LogP contribution in [0.2, 0.25) is 0 Å². The number of fused-ring (bicyclic) bond motifs is 1. The SMILES string of the molecule is O=C(CCCCCCOc1cccc2c1CCCC2)NO. The van der Waals surface area contributed by atoms with Crippen LogP contribution < -0.4 is 10.2 Å². The molecule has 0 spiro atoms. The van der Waals surface area contributed by atoms with Gasteiger partial charge in [0, 0.05) is 6.42 Å². The van der Waals surface area contributed by atoms with Crippen LogP contribution in [0, 0.1) is 0 Å². The number of rotatable bonds is 8. The van der Waals surface area contributed by atoms with Gasteiger partial charge < -0.3 is 4.74 Å². The third-order valence-electron chi connectivity index (χ3n) is 4.03. The lowest BCUT2D eigenvalue weighted by Gasteiger charge is -2.19. The Morgan fingerprint density at radius 3 is 2.81 bits per heavy atom. The number of unbranched alkanes of at least 4 members (excludes halogenated alkanes) is 3. The molecule has 1 aromatic carbocycles. The number of carbonyl (C=O) groups is 1. The zero-order valence-corrected chi connectivity index (χ0v) is 12.6. The van der Waals surface area contributed by atoms with Gasteiger partial charge in [-0.05, 0) is 55.7 Å². The summed E-state index contributed by atoms with van der Waals surface area (Å²) in [5.41, 5.74) is 4.51. The topological polar surface area (TPSA) is 58.6 Å². The van der Waals surface area contributed by atoms with Crippen molar-refractivity contribution in [3.63, 3.8) is 0 Å². The van der Waals surface area contributed by atoms with Crippen LogP contribution in [0.15, 0.2) is 18.2 Å². The Labute approximate surface area is 126 Å². The summed E-state index contributed by atoms with van der Waals surface area (Å²) in [7, 11) is 0.